The van der Waals surface area contributed by atoms with Crippen LogP contribution in [-0.2, 0) is 21.2 Å². The van der Waals surface area contributed by atoms with E-state index in [9.17, 15) is 13.2 Å². The number of allylic oxidation sites excluding steroid dienone is 1. The predicted molar refractivity (Wildman–Crippen MR) is 76.4 cm³/mol. The van der Waals surface area contributed by atoms with E-state index in [1.165, 1.54) is 12.1 Å². The maximum atomic E-state index is 11.9. The molecule has 19 heavy (non-hydrogen) atoms. The average Bonchev–Trinajstić information content (AvgIpc) is 2.69. The molecule has 0 saturated heterocycles. The van der Waals surface area contributed by atoms with Gasteiger partial charge in [0.25, 0.3) is 5.91 Å². The van der Waals surface area contributed by atoms with Gasteiger partial charge in [-0.1, -0.05) is 6.08 Å². The first-order valence-corrected chi connectivity index (χ1v) is 7.98. The Kier molecular flexibility index (Phi) is 3.80. The van der Waals surface area contributed by atoms with Gasteiger partial charge in [0.05, 0.1) is 4.90 Å². The lowest BCUT2D eigenvalue weighted by Gasteiger charge is -2.16. The molecule has 1 aliphatic heterocycles. The van der Waals surface area contributed by atoms with Crippen LogP contribution in [0.15, 0.2) is 33.7 Å². The van der Waals surface area contributed by atoms with Gasteiger partial charge >= 0.3 is 0 Å². The van der Waals surface area contributed by atoms with Crippen molar-refractivity contribution in [3.63, 3.8) is 0 Å². The van der Waals surface area contributed by atoms with Crippen LogP contribution in [-0.4, -0.2) is 20.9 Å². The van der Waals surface area contributed by atoms with E-state index in [2.05, 4.69) is 15.9 Å². The third kappa shape index (κ3) is 2.72. The lowest BCUT2D eigenvalue weighted by Crippen LogP contribution is -2.27. The molecule has 0 atom stereocenters. The molecule has 0 aliphatic carbocycles. The molecule has 1 aromatic rings. The Morgan fingerprint density at radius 1 is 1.47 bits per heavy atom. The van der Waals surface area contributed by atoms with E-state index in [1.807, 2.05) is 0 Å². The summed E-state index contributed by atoms with van der Waals surface area (Å²) in [5.41, 5.74) is 1.53. The molecule has 7 heteroatoms. The van der Waals surface area contributed by atoms with Crippen LogP contribution >= 0.6 is 15.9 Å². The highest BCUT2D eigenvalue weighted by atomic mass is 79.9. The molecule has 0 bridgehead atoms. The molecule has 5 nitrogen and oxygen atoms in total. The van der Waals surface area contributed by atoms with Crippen molar-refractivity contribution in [2.24, 2.45) is 5.14 Å². The molecule has 102 valence electrons. The summed E-state index contributed by atoms with van der Waals surface area (Å²) < 4.78 is 23.4. The van der Waals surface area contributed by atoms with Gasteiger partial charge in [0.15, 0.2) is 0 Å². The van der Waals surface area contributed by atoms with Gasteiger partial charge in [0.2, 0.25) is 10.0 Å². The normalized spacial score (nSPS) is 15.0. The first kappa shape index (κ1) is 14.2. The topological polar surface area (TPSA) is 80.5 Å². The minimum atomic E-state index is -3.82. The van der Waals surface area contributed by atoms with E-state index in [-0.39, 0.29) is 10.8 Å². The highest BCUT2D eigenvalue weighted by Crippen LogP contribution is 2.35. The summed E-state index contributed by atoms with van der Waals surface area (Å²) in [6.07, 6.45) is 3.80. The highest BCUT2D eigenvalue weighted by Gasteiger charge is 2.26. The molecular weight excluding hydrogens is 332 g/mol. The van der Waals surface area contributed by atoms with Crippen molar-refractivity contribution in [2.45, 2.75) is 18.2 Å². The first-order chi connectivity index (χ1) is 8.84. The van der Waals surface area contributed by atoms with Gasteiger partial charge in [0, 0.05) is 16.7 Å². The second kappa shape index (κ2) is 5.07. The molecule has 0 aromatic heterocycles. The Bertz CT molecular complexity index is 668. The average molecular weight is 345 g/mol. The number of nitrogens with zero attached hydrogens (tertiary/aromatic N) is 1. The number of benzene rings is 1. The summed E-state index contributed by atoms with van der Waals surface area (Å²) in [6.45, 7) is 2.30. The lowest BCUT2D eigenvalue weighted by molar-refractivity contribution is -0.114. The molecule has 0 unspecified atom stereocenters. The van der Waals surface area contributed by atoms with Crippen LogP contribution in [0.25, 0.3) is 0 Å². The molecule has 2 N–H and O–H groups in total. The van der Waals surface area contributed by atoms with E-state index in [4.69, 9.17) is 5.14 Å². The van der Waals surface area contributed by atoms with Crippen molar-refractivity contribution in [1.82, 2.24) is 0 Å². The smallest absolute Gasteiger partial charge is 0.250 e. The minimum Gasteiger partial charge on any atom is -0.308 e. The van der Waals surface area contributed by atoms with E-state index < -0.39 is 10.0 Å². The number of amides is 1. The zero-order valence-corrected chi connectivity index (χ0v) is 12.7. The van der Waals surface area contributed by atoms with Gasteiger partial charge < -0.3 is 4.90 Å². The first-order valence-electron chi connectivity index (χ1n) is 5.64. The van der Waals surface area contributed by atoms with Crippen LogP contribution in [0.3, 0.4) is 0 Å². The summed E-state index contributed by atoms with van der Waals surface area (Å²) in [7, 11) is -3.82. The van der Waals surface area contributed by atoms with Gasteiger partial charge in [-0.15, -0.1) is 0 Å². The van der Waals surface area contributed by atoms with E-state index in [0.717, 1.165) is 5.56 Å². The summed E-state index contributed by atoms with van der Waals surface area (Å²) >= 11 is 3.20. The Morgan fingerprint density at radius 3 is 2.74 bits per heavy atom. The van der Waals surface area contributed by atoms with Crippen molar-refractivity contribution < 1.29 is 13.2 Å². The van der Waals surface area contributed by atoms with Gasteiger partial charge in [-0.2, -0.15) is 0 Å². The molecular formula is C12H13BrN2O3S. The number of rotatable bonds is 2. The second-order valence-corrected chi connectivity index (χ2v) is 6.58. The van der Waals surface area contributed by atoms with E-state index >= 15 is 0 Å². The Morgan fingerprint density at radius 2 is 2.16 bits per heavy atom. The van der Waals surface area contributed by atoms with Crippen molar-refractivity contribution in [3.8, 4) is 0 Å². The molecule has 1 aliphatic rings. The van der Waals surface area contributed by atoms with Crippen LogP contribution in [0.1, 0.15) is 12.5 Å². The minimum absolute atomic E-state index is 0.00794. The molecule has 0 saturated carbocycles. The van der Waals surface area contributed by atoms with Crippen LogP contribution in [0, 0.1) is 0 Å². The zero-order chi connectivity index (χ0) is 14.2. The summed E-state index contributed by atoms with van der Waals surface area (Å²) in [5.74, 6) is -0.163. The molecule has 1 aromatic carbocycles. The van der Waals surface area contributed by atoms with Crippen LogP contribution < -0.4 is 10.0 Å². The van der Waals surface area contributed by atoms with Gasteiger partial charge in [0.1, 0.15) is 0 Å². The summed E-state index contributed by atoms with van der Waals surface area (Å²) in [6, 6.07) is 3.15. The zero-order valence-electron chi connectivity index (χ0n) is 10.3. The highest BCUT2D eigenvalue weighted by molar-refractivity contribution is 9.10. The maximum absolute atomic E-state index is 11.9. The fourth-order valence-electron chi connectivity index (χ4n) is 2.07. The van der Waals surface area contributed by atoms with Gasteiger partial charge in [-0.25, -0.2) is 13.6 Å². The third-order valence-electron chi connectivity index (χ3n) is 2.91. The Labute approximate surface area is 120 Å². The lowest BCUT2D eigenvalue weighted by atomic mass is 10.2. The quantitative estimate of drug-likeness (QED) is 0.826. The number of hydrogen-bond acceptors (Lipinski definition) is 3. The molecule has 2 rings (SSSR count). The number of hydrogen-bond donors (Lipinski definition) is 1. The SMILES string of the molecule is C/C=C/C(=O)N1CCc2cc(Br)c(S(N)(=O)=O)cc21. The van der Waals surface area contributed by atoms with Crippen LogP contribution in [0.2, 0.25) is 0 Å². The number of halogens is 1. The van der Waals surface area contributed by atoms with E-state index in [0.29, 0.717) is 23.1 Å². The van der Waals surface area contributed by atoms with Gasteiger partial charge in [-0.05, 0) is 53.0 Å². The molecule has 1 amide bonds. The van der Waals surface area contributed by atoms with Crippen molar-refractivity contribution in [2.75, 3.05) is 11.4 Å². The van der Waals surface area contributed by atoms with Crippen LogP contribution in [0.4, 0.5) is 5.69 Å². The van der Waals surface area contributed by atoms with E-state index in [1.54, 1.807) is 24.0 Å². The molecule has 0 radical (unpaired) electrons. The second-order valence-electron chi connectivity index (χ2n) is 4.20. The van der Waals surface area contributed by atoms with Crippen molar-refractivity contribution >= 4 is 37.5 Å². The Balaban J connectivity index is 2.54. The summed E-state index contributed by atoms with van der Waals surface area (Å²) in [4.78, 5) is 13.4. The fourth-order valence-corrected chi connectivity index (χ4v) is 3.74. The number of anilines is 1. The number of nitrogens with two attached hydrogens (primary N) is 1. The predicted octanol–water partition coefficient (Wildman–Crippen LogP) is 1.56. The monoisotopic (exact) mass is 344 g/mol. The maximum Gasteiger partial charge on any atom is 0.250 e. The number of sulfonamides is 1. The summed E-state index contributed by atoms with van der Waals surface area (Å²) in [5, 5.41) is 5.16. The standard InChI is InChI=1S/C12H13BrN2O3S/c1-2-3-12(16)15-5-4-8-6-9(13)11(7-10(8)15)19(14,17)18/h2-3,6-7H,4-5H2,1H3,(H2,14,17,18)/b3-2+. The van der Waals surface area contributed by atoms with Crippen molar-refractivity contribution in [3.05, 3.63) is 34.3 Å². The number of fused-ring (bicyclic) bond motifs is 1. The third-order valence-corrected chi connectivity index (χ3v) is 4.78. The molecule has 0 spiro atoms. The number of carbonyl (C=O) groups excluding carboxylic acids is 1. The number of primary sulfonamides is 1. The van der Waals surface area contributed by atoms with Gasteiger partial charge in [-0.3, -0.25) is 4.79 Å². The largest absolute Gasteiger partial charge is 0.308 e. The van der Waals surface area contributed by atoms with Crippen molar-refractivity contribution in [1.29, 1.82) is 0 Å². The number of carbonyl (C=O) groups is 1. The Hall–Kier alpha value is -1.18. The molecule has 0 fully saturated rings. The molecule has 1 heterocycles. The fraction of sp³-hybridized carbons (Fsp3) is 0.250. The van der Waals surface area contributed by atoms with Crippen LogP contribution in [0.5, 0.6) is 0 Å².